The van der Waals surface area contributed by atoms with Crippen molar-refractivity contribution < 1.29 is 0 Å². The van der Waals surface area contributed by atoms with Crippen LogP contribution in [0, 0.1) is 12.3 Å². The summed E-state index contributed by atoms with van der Waals surface area (Å²) in [7, 11) is 2.04. The lowest BCUT2D eigenvalue weighted by molar-refractivity contribution is 0.438. The monoisotopic (exact) mass is 258 g/mol. The van der Waals surface area contributed by atoms with Gasteiger partial charge >= 0.3 is 0 Å². The van der Waals surface area contributed by atoms with E-state index in [2.05, 4.69) is 38.8 Å². The summed E-state index contributed by atoms with van der Waals surface area (Å²) in [6.07, 6.45) is 2.69. The molecule has 1 aromatic heterocycles. The van der Waals surface area contributed by atoms with Crippen molar-refractivity contribution in [2.45, 2.75) is 26.3 Å². The maximum absolute atomic E-state index is 4.42. The minimum atomic E-state index is 0.517. The second-order valence-corrected chi connectivity index (χ2v) is 5.81. The molecule has 0 unspecified atom stereocenters. The van der Waals surface area contributed by atoms with E-state index >= 15 is 0 Å². The van der Waals surface area contributed by atoms with Gasteiger partial charge in [-0.05, 0) is 49.9 Å². The standard InChI is InChI=1S/C15H22N4/c1-11-18-13-4-3-12(7-14(13)19-11)8-17-10-15(5-6-15)9-16-2/h3-4,7,16-17H,5-6,8-10H2,1-2H3,(H,18,19). The molecule has 1 fully saturated rings. The van der Waals surface area contributed by atoms with Gasteiger partial charge in [-0.2, -0.15) is 0 Å². The first-order valence-corrected chi connectivity index (χ1v) is 7.01. The van der Waals surface area contributed by atoms with E-state index < -0.39 is 0 Å². The van der Waals surface area contributed by atoms with Crippen LogP contribution in [0.4, 0.5) is 0 Å². The van der Waals surface area contributed by atoms with E-state index in [9.17, 15) is 0 Å². The summed E-state index contributed by atoms with van der Waals surface area (Å²) >= 11 is 0. The van der Waals surface area contributed by atoms with Crippen molar-refractivity contribution in [3.63, 3.8) is 0 Å². The average Bonchev–Trinajstić information content (AvgIpc) is 3.02. The molecule has 1 saturated carbocycles. The van der Waals surface area contributed by atoms with E-state index in [4.69, 9.17) is 0 Å². The smallest absolute Gasteiger partial charge is 0.104 e. The fourth-order valence-corrected chi connectivity index (χ4v) is 2.73. The number of aryl methyl sites for hydroxylation is 1. The Morgan fingerprint density at radius 3 is 2.89 bits per heavy atom. The first-order valence-electron chi connectivity index (χ1n) is 7.01. The van der Waals surface area contributed by atoms with Gasteiger partial charge in [-0.1, -0.05) is 6.07 Å². The Bertz CT molecular complexity index is 569. The molecular formula is C15H22N4. The number of H-pyrrole nitrogens is 1. The zero-order valence-corrected chi connectivity index (χ0v) is 11.7. The molecule has 0 amide bonds. The van der Waals surface area contributed by atoms with Gasteiger partial charge in [0, 0.05) is 19.6 Å². The number of hydrogen-bond acceptors (Lipinski definition) is 3. The van der Waals surface area contributed by atoms with Gasteiger partial charge in [0.05, 0.1) is 11.0 Å². The van der Waals surface area contributed by atoms with Crippen LogP contribution in [-0.2, 0) is 6.54 Å². The SMILES string of the molecule is CNCC1(CNCc2ccc3nc(C)[nH]c3c2)CC1. The molecule has 0 radical (unpaired) electrons. The van der Waals surface area contributed by atoms with Gasteiger partial charge in [-0.15, -0.1) is 0 Å². The van der Waals surface area contributed by atoms with Gasteiger partial charge in [0.15, 0.2) is 0 Å². The van der Waals surface area contributed by atoms with Crippen molar-refractivity contribution in [1.29, 1.82) is 0 Å². The Morgan fingerprint density at radius 1 is 1.32 bits per heavy atom. The zero-order chi connectivity index (χ0) is 13.3. The molecule has 3 rings (SSSR count). The van der Waals surface area contributed by atoms with Gasteiger partial charge in [0.1, 0.15) is 5.82 Å². The highest BCUT2D eigenvalue weighted by molar-refractivity contribution is 5.75. The summed E-state index contributed by atoms with van der Waals surface area (Å²) in [4.78, 5) is 7.71. The van der Waals surface area contributed by atoms with E-state index in [1.807, 2.05) is 14.0 Å². The maximum atomic E-state index is 4.42. The molecule has 102 valence electrons. The average molecular weight is 258 g/mol. The lowest BCUT2D eigenvalue weighted by Gasteiger charge is -2.15. The van der Waals surface area contributed by atoms with Gasteiger partial charge in [-0.25, -0.2) is 4.98 Å². The second kappa shape index (κ2) is 4.94. The second-order valence-electron chi connectivity index (χ2n) is 5.81. The molecule has 1 aliphatic rings. The third kappa shape index (κ3) is 2.80. The molecule has 0 spiro atoms. The van der Waals surface area contributed by atoms with E-state index in [1.165, 1.54) is 18.4 Å². The molecular weight excluding hydrogens is 236 g/mol. The number of aromatic amines is 1. The number of nitrogens with one attached hydrogen (secondary N) is 3. The highest BCUT2D eigenvalue weighted by Gasteiger charge is 2.41. The molecule has 19 heavy (non-hydrogen) atoms. The van der Waals surface area contributed by atoms with Crippen LogP contribution < -0.4 is 10.6 Å². The number of benzene rings is 1. The normalized spacial score (nSPS) is 16.9. The number of imidazole rings is 1. The van der Waals surface area contributed by atoms with E-state index in [-0.39, 0.29) is 0 Å². The number of rotatable bonds is 6. The van der Waals surface area contributed by atoms with Crippen molar-refractivity contribution in [3.05, 3.63) is 29.6 Å². The summed E-state index contributed by atoms with van der Waals surface area (Å²) in [6, 6.07) is 6.45. The lowest BCUT2D eigenvalue weighted by atomic mass is 10.1. The number of aromatic nitrogens is 2. The van der Waals surface area contributed by atoms with Crippen molar-refractivity contribution in [2.24, 2.45) is 5.41 Å². The highest BCUT2D eigenvalue weighted by atomic mass is 14.9. The quantitative estimate of drug-likeness (QED) is 0.742. The van der Waals surface area contributed by atoms with Crippen LogP contribution in [0.2, 0.25) is 0 Å². The van der Waals surface area contributed by atoms with Gasteiger partial charge in [-0.3, -0.25) is 0 Å². The molecule has 0 saturated heterocycles. The molecule has 4 nitrogen and oxygen atoms in total. The van der Waals surface area contributed by atoms with Gasteiger partial charge in [0.2, 0.25) is 0 Å². The van der Waals surface area contributed by atoms with E-state index in [0.717, 1.165) is 36.5 Å². The molecule has 4 heteroatoms. The summed E-state index contributed by atoms with van der Waals surface area (Å²) in [5.74, 6) is 0.978. The molecule has 0 atom stereocenters. The van der Waals surface area contributed by atoms with Crippen LogP contribution in [0.3, 0.4) is 0 Å². The van der Waals surface area contributed by atoms with E-state index in [1.54, 1.807) is 0 Å². The van der Waals surface area contributed by atoms with Gasteiger partial charge < -0.3 is 15.6 Å². The summed E-state index contributed by atoms with van der Waals surface area (Å²) in [5.41, 5.74) is 4.02. The van der Waals surface area contributed by atoms with Gasteiger partial charge in [0.25, 0.3) is 0 Å². The number of fused-ring (bicyclic) bond motifs is 1. The maximum Gasteiger partial charge on any atom is 0.104 e. The fourth-order valence-electron chi connectivity index (χ4n) is 2.73. The predicted molar refractivity (Wildman–Crippen MR) is 78.1 cm³/mol. The number of hydrogen-bond donors (Lipinski definition) is 3. The third-order valence-electron chi connectivity index (χ3n) is 4.00. The first kappa shape index (κ1) is 12.6. The summed E-state index contributed by atoms with van der Waals surface area (Å²) < 4.78 is 0. The largest absolute Gasteiger partial charge is 0.342 e. The Morgan fingerprint density at radius 2 is 2.16 bits per heavy atom. The Labute approximate surface area is 114 Å². The topological polar surface area (TPSA) is 52.7 Å². The number of nitrogens with zero attached hydrogens (tertiary/aromatic N) is 1. The van der Waals surface area contributed by atoms with Crippen molar-refractivity contribution in [2.75, 3.05) is 20.1 Å². The lowest BCUT2D eigenvalue weighted by Crippen LogP contribution is -2.31. The molecule has 0 aliphatic heterocycles. The molecule has 1 heterocycles. The third-order valence-corrected chi connectivity index (χ3v) is 4.00. The van der Waals surface area contributed by atoms with Crippen molar-refractivity contribution in [1.82, 2.24) is 20.6 Å². The Balaban J connectivity index is 1.59. The summed E-state index contributed by atoms with van der Waals surface area (Å²) in [5, 5.41) is 6.88. The predicted octanol–water partition coefficient (Wildman–Crippen LogP) is 1.96. The minimum Gasteiger partial charge on any atom is -0.342 e. The highest BCUT2D eigenvalue weighted by Crippen LogP contribution is 2.44. The summed E-state index contributed by atoms with van der Waals surface area (Å²) in [6.45, 7) is 5.15. The van der Waals surface area contributed by atoms with Crippen LogP contribution in [0.15, 0.2) is 18.2 Å². The molecule has 1 aliphatic carbocycles. The zero-order valence-electron chi connectivity index (χ0n) is 11.7. The minimum absolute atomic E-state index is 0.517. The Kier molecular flexibility index (Phi) is 3.29. The van der Waals surface area contributed by atoms with Crippen LogP contribution in [-0.4, -0.2) is 30.1 Å². The Hall–Kier alpha value is -1.39. The molecule has 3 N–H and O–H groups in total. The molecule has 1 aromatic carbocycles. The van der Waals surface area contributed by atoms with Crippen molar-refractivity contribution in [3.8, 4) is 0 Å². The van der Waals surface area contributed by atoms with Crippen molar-refractivity contribution >= 4 is 11.0 Å². The van der Waals surface area contributed by atoms with Crippen LogP contribution >= 0.6 is 0 Å². The van der Waals surface area contributed by atoms with Crippen LogP contribution in [0.25, 0.3) is 11.0 Å². The molecule has 2 aromatic rings. The first-order chi connectivity index (χ1) is 9.21. The van der Waals surface area contributed by atoms with E-state index in [0.29, 0.717) is 5.41 Å². The molecule has 0 bridgehead atoms. The van der Waals surface area contributed by atoms with Crippen LogP contribution in [0.1, 0.15) is 24.2 Å². The fraction of sp³-hybridized carbons (Fsp3) is 0.533. The van der Waals surface area contributed by atoms with Crippen LogP contribution in [0.5, 0.6) is 0 Å².